The zero-order valence-electron chi connectivity index (χ0n) is 19.6. The normalized spacial score (nSPS) is 16.0. The molecule has 188 valence electrons. The number of morpholine rings is 1. The summed E-state index contributed by atoms with van der Waals surface area (Å²) in [6, 6.07) is 10.3. The van der Waals surface area contributed by atoms with Gasteiger partial charge in [0.1, 0.15) is 5.82 Å². The van der Waals surface area contributed by atoms with Crippen LogP contribution < -0.4 is 15.5 Å². The summed E-state index contributed by atoms with van der Waals surface area (Å²) in [7, 11) is -3.68. The van der Waals surface area contributed by atoms with E-state index in [-0.39, 0.29) is 28.4 Å². The van der Waals surface area contributed by atoms with Crippen molar-refractivity contribution in [2.75, 3.05) is 42.8 Å². The molecule has 0 unspecified atom stereocenters. The van der Waals surface area contributed by atoms with Crippen molar-refractivity contribution < 1.29 is 22.3 Å². The summed E-state index contributed by atoms with van der Waals surface area (Å²) in [6.07, 6.45) is 3.04. The van der Waals surface area contributed by atoms with Gasteiger partial charge in [-0.05, 0) is 55.3 Å². The molecule has 0 spiro atoms. The second-order valence-corrected chi connectivity index (χ2v) is 10.7. The van der Waals surface area contributed by atoms with E-state index in [0.717, 1.165) is 31.2 Å². The van der Waals surface area contributed by atoms with Crippen molar-refractivity contribution in [1.82, 2.24) is 20.3 Å². The fourth-order valence-electron chi connectivity index (χ4n) is 3.80. The zero-order valence-corrected chi connectivity index (χ0v) is 20.4. The van der Waals surface area contributed by atoms with Crippen molar-refractivity contribution in [2.24, 2.45) is 0 Å². The topological polar surface area (TPSA) is 126 Å². The number of anilines is 2. The number of hydrogen-bond acceptors (Lipinski definition) is 8. The van der Waals surface area contributed by atoms with Crippen molar-refractivity contribution in [2.45, 2.75) is 23.8 Å². The summed E-state index contributed by atoms with van der Waals surface area (Å²) in [5, 5.41) is 5.65. The molecule has 36 heavy (non-hydrogen) atoms. The highest BCUT2D eigenvalue weighted by atomic mass is 32.2. The first-order valence-corrected chi connectivity index (χ1v) is 13.4. The van der Waals surface area contributed by atoms with Crippen molar-refractivity contribution in [3.63, 3.8) is 0 Å². The third-order valence-corrected chi connectivity index (χ3v) is 6.97. The largest absolute Gasteiger partial charge is 0.378 e. The SMILES string of the molecule is CS(=O)(=O)c1ccc(F)cc1-c1nc(-c2ccc(NC(=O)NC3CC3)cc2)nc(N2CCOCC2)n1. The molecule has 12 heteroatoms. The number of nitrogens with one attached hydrogen (secondary N) is 2. The smallest absolute Gasteiger partial charge is 0.319 e. The molecule has 0 atom stereocenters. The number of rotatable bonds is 6. The molecule has 10 nitrogen and oxygen atoms in total. The second-order valence-electron chi connectivity index (χ2n) is 8.74. The van der Waals surface area contributed by atoms with E-state index >= 15 is 0 Å². The zero-order chi connectivity index (χ0) is 25.3. The van der Waals surface area contributed by atoms with Crippen molar-refractivity contribution in [3.05, 3.63) is 48.3 Å². The van der Waals surface area contributed by atoms with Crippen molar-refractivity contribution in [3.8, 4) is 22.8 Å². The molecule has 2 fully saturated rings. The standard InChI is InChI=1S/C24H25FN6O4S/c1-36(33,34)20-9-4-16(25)14-19(20)22-28-21(29-23(30-22)31-10-12-35-13-11-31)15-2-5-17(6-3-15)26-24(32)27-18-7-8-18/h2-6,9,14,18H,7-8,10-13H2,1H3,(H2,26,27,32). The van der Waals surface area contributed by atoms with Gasteiger partial charge >= 0.3 is 6.03 Å². The van der Waals surface area contributed by atoms with E-state index < -0.39 is 15.7 Å². The Balaban J connectivity index is 1.54. The first-order chi connectivity index (χ1) is 17.3. The maximum absolute atomic E-state index is 14.2. The van der Waals surface area contributed by atoms with Crippen LogP contribution in [-0.2, 0) is 14.6 Å². The molecule has 1 aliphatic heterocycles. The van der Waals surface area contributed by atoms with Gasteiger partial charge in [-0.3, -0.25) is 0 Å². The lowest BCUT2D eigenvalue weighted by Gasteiger charge is -2.27. The molecule has 2 aliphatic rings. The van der Waals surface area contributed by atoms with Gasteiger partial charge in [0, 0.05) is 42.2 Å². The number of halogens is 1. The first-order valence-electron chi connectivity index (χ1n) is 11.5. The van der Waals surface area contributed by atoms with Crippen LogP contribution in [0, 0.1) is 5.82 Å². The maximum atomic E-state index is 14.2. The van der Waals surface area contributed by atoms with E-state index in [0.29, 0.717) is 49.3 Å². The first kappa shape index (κ1) is 24.1. The highest BCUT2D eigenvalue weighted by molar-refractivity contribution is 7.90. The van der Waals surface area contributed by atoms with E-state index in [1.54, 1.807) is 24.3 Å². The molecule has 1 saturated heterocycles. The number of aromatic nitrogens is 3. The van der Waals surface area contributed by atoms with Gasteiger partial charge in [-0.2, -0.15) is 9.97 Å². The van der Waals surface area contributed by atoms with Crippen LogP contribution in [0.15, 0.2) is 47.4 Å². The number of sulfone groups is 1. The molecule has 5 rings (SSSR count). The fraction of sp³-hybridized carbons (Fsp3) is 0.333. The van der Waals surface area contributed by atoms with Gasteiger partial charge in [0.15, 0.2) is 21.5 Å². The average Bonchev–Trinajstić information content (AvgIpc) is 3.68. The molecule has 1 aromatic heterocycles. The number of ether oxygens (including phenoxy) is 1. The Morgan fingerprint density at radius 3 is 2.39 bits per heavy atom. The summed E-state index contributed by atoms with van der Waals surface area (Å²) in [5.41, 5.74) is 1.29. The summed E-state index contributed by atoms with van der Waals surface area (Å²) in [5.74, 6) is 0.0758. The molecule has 2 N–H and O–H groups in total. The number of urea groups is 1. The molecule has 2 heterocycles. The van der Waals surface area contributed by atoms with E-state index in [4.69, 9.17) is 4.74 Å². The Hall–Kier alpha value is -3.64. The summed E-state index contributed by atoms with van der Waals surface area (Å²) in [6.45, 7) is 2.08. The lowest BCUT2D eigenvalue weighted by atomic mass is 10.1. The van der Waals surface area contributed by atoms with E-state index in [1.807, 2.05) is 4.90 Å². The molecule has 1 saturated carbocycles. The van der Waals surface area contributed by atoms with Crippen LogP contribution in [0.25, 0.3) is 22.8 Å². The van der Waals surface area contributed by atoms with Gasteiger partial charge in [0.2, 0.25) is 5.95 Å². The fourth-order valence-corrected chi connectivity index (χ4v) is 4.67. The van der Waals surface area contributed by atoms with Crippen LogP contribution >= 0.6 is 0 Å². The number of hydrogen-bond donors (Lipinski definition) is 2. The number of carbonyl (C=O) groups is 1. The lowest BCUT2D eigenvalue weighted by molar-refractivity contribution is 0.122. The monoisotopic (exact) mass is 512 g/mol. The summed E-state index contributed by atoms with van der Waals surface area (Å²) in [4.78, 5) is 27.5. The van der Waals surface area contributed by atoms with Gasteiger partial charge in [-0.1, -0.05) is 0 Å². The maximum Gasteiger partial charge on any atom is 0.319 e. The minimum absolute atomic E-state index is 0.0485. The molecule has 3 aromatic rings. The van der Waals surface area contributed by atoms with Gasteiger partial charge in [0.05, 0.1) is 18.1 Å². The van der Waals surface area contributed by atoms with Crippen LogP contribution in [0.3, 0.4) is 0 Å². The Kier molecular flexibility index (Phi) is 6.54. The quantitative estimate of drug-likeness (QED) is 0.483. The average molecular weight is 513 g/mol. The minimum Gasteiger partial charge on any atom is -0.378 e. The Bertz CT molecular complexity index is 1390. The Morgan fingerprint density at radius 2 is 1.72 bits per heavy atom. The van der Waals surface area contributed by atoms with Gasteiger partial charge in [-0.25, -0.2) is 22.6 Å². The van der Waals surface area contributed by atoms with Crippen LogP contribution in [0.1, 0.15) is 12.8 Å². The molecule has 0 bridgehead atoms. The number of amides is 2. The van der Waals surface area contributed by atoms with Crippen LogP contribution in [0.4, 0.5) is 20.8 Å². The van der Waals surface area contributed by atoms with Gasteiger partial charge < -0.3 is 20.3 Å². The molecular formula is C24H25FN6O4S. The van der Waals surface area contributed by atoms with E-state index in [9.17, 15) is 17.6 Å². The Morgan fingerprint density at radius 1 is 1.03 bits per heavy atom. The van der Waals surface area contributed by atoms with E-state index in [2.05, 4.69) is 25.6 Å². The predicted octanol–water partition coefficient (Wildman–Crippen LogP) is 2.87. The van der Waals surface area contributed by atoms with Crippen molar-refractivity contribution >= 4 is 27.5 Å². The highest BCUT2D eigenvalue weighted by Gasteiger charge is 2.24. The molecule has 1 aliphatic carbocycles. The van der Waals surface area contributed by atoms with Crippen LogP contribution in [0.2, 0.25) is 0 Å². The minimum atomic E-state index is -3.68. The molecular weight excluding hydrogens is 487 g/mol. The van der Waals surface area contributed by atoms with Crippen LogP contribution in [-0.4, -0.2) is 68.0 Å². The molecule has 2 amide bonds. The highest BCUT2D eigenvalue weighted by Crippen LogP contribution is 2.29. The third kappa shape index (κ3) is 5.60. The predicted molar refractivity (Wildman–Crippen MR) is 132 cm³/mol. The molecule has 2 aromatic carbocycles. The number of carbonyl (C=O) groups excluding carboxylic acids is 1. The summed E-state index contributed by atoms with van der Waals surface area (Å²) < 4.78 is 44.5. The van der Waals surface area contributed by atoms with E-state index in [1.165, 1.54) is 6.07 Å². The third-order valence-electron chi connectivity index (χ3n) is 5.81. The molecule has 0 radical (unpaired) electrons. The van der Waals surface area contributed by atoms with Gasteiger partial charge in [-0.15, -0.1) is 0 Å². The number of benzene rings is 2. The van der Waals surface area contributed by atoms with Crippen molar-refractivity contribution in [1.29, 1.82) is 0 Å². The summed E-state index contributed by atoms with van der Waals surface area (Å²) >= 11 is 0. The number of nitrogens with zero attached hydrogens (tertiary/aromatic N) is 4. The van der Waals surface area contributed by atoms with Crippen LogP contribution in [0.5, 0.6) is 0 Å². The Labute approximate surface area is 207 Å². The van der Waals surface area contributed by atoms with Gasteiger partial charge in [0.25, 0.3) is 0 Å². The second kappa shape index (κ2) is 9.78. The lowest BCUT2D eigenvalue weighted by Crippen LogP contribution is -2.37.